The van der Waals surface area contributed by atoms with Gasteiger partial charge in [-0.25, -0.2) is 0 Å². The van der Waals surface area contributed by atoms with E-state index in [1.807, 2.05) is 44.2 Å². The number of carbonyl (C=O) groups is 1. The fourth-order valence-corrected chi connectivity index (χ4v) is 3.99. The van der Waals surface area contributed by atoms with Crippen LogP contribution in [0.15, 0.2) is 42.5 Å². The van der Waals surface area contributed by atoms with E-state index in [0.29, 0.717) is 17.2 Å². The molecule has 0 aromatic heterocycles. The Morgan fingerprint density at radius 1 is 1.24 bits per heavy atom. The third-order valence-electron chi connectivity index (χ3n) is 5.87. The maximum Gasteiger partial charge on any atom is 0.261 e. The Balaban J connectivity index is 1.79. The number of hydrogen-bond donors (Lipinski definition) is 1. The smallest absolute Gasteiger partial charge is 0.261 e. The first-order valence-corrected chi connectivity index (χ1v) is 10.8. The number of carbonyl (C=O) groups excluding carboxylic acids is 1. The van der Waals surface area contributed by atoms with Crippen LogP contribution in [0.2, 0.25) is 5.02 Å². The predicted molar refractivity (Wildman–Crippen MR) is 117 cm³/mol. The lowest BCUT2D eigenvalue weighted by Crippen LogP contribution is -2.47. The van der Waals surface area contributed by atoms with Crippen molar-refractivity contribution in [2.45, 2.75) is 71.1 Å². The minimum Gasteiger partial charge on any atom is -0.487 e. The SMILES string of the molecule is CC[C@H](Oc1ccc(Cl)c(C)c1)C(=O)N[C@H]1CC(CC)(CC)Oc2ccccc21. The highest BCUT2D eigenvalue weighted by Crippen LogP contribution is 2.42. The van der Waals surface area contributed by atoms with Gasteiger partial charge in [-0.1, -0.05) is 50.6 Å². The molecule has 0 radical (unpaired) electrons. The van der Waals surface area contributed by atoms with Crippen molar-refractivity contribution in [1.29, 1.82) is 0 Å². The molecule has 3 rings (SSSR count). The Hall–Kier alpha value is -2.20. The summed E-state index contributed by atoms with van der Waals surface area (Å²) in [6.07, 6.45) is 2.54. The number of nitrogens with one attached hydrogen (secondary N) is 1. The van der Waals surface area contributed by atoms with Gasteiger partial charge in [0.25, 0.3) is 5.91 Å². The number of benzene rings is 2. The Morgan fingerprint density at radius 2 is 1.97 bits per heavy atom. The molecule has 29 heavy (non-hydrogen) atoms. The molecule has 0 unspecified atom stereocenters. The standard InChI is InChI=1S/C24H30ClNO3/c1-5-21(28-17-12-13-19(25)16(4)14-17)23(27)26-20-15-24(6-2,7-3)29-22-11-9-8-10-18(20)22/h8-14,20-21H,5-7,15H2,1-4H3,(H,26,27)/t20-,21-/m0/s1. The maximum absolute atomic E-state index is 13.1. The first kappa shape index (κ1) is 21.5. The van der Waals surface area contributed by atoms with Crippen molar-refractivity contribution < 1.29 is 14.3 Å². The predicted octanol–water partition coefficient (Wildman–Crippen LogP) is 6.00. The summed E-state index contributed by atoms with van der Waals surface area (Å²) in [4.78, 5) is 13.1. The molecule has 1 amide bonds. The third kappa shape index (κ3) is 4.69. The average Bonchev–Trinajstić information content (AvgIpc) is 2.74. The van der Waals surface area contributed by atoms with Crippen molar-refractivity contribution in [1.82, 2.24) is 5.32 Å². The first-order valence-electron chi connectivity index (χ1n) is 10.4. The van der Waals surface area contributed by atoms with E-state index in [-0.39, 0.29) is 17.6 Å². The van der Waals surface area contributed by atoms with Crippen LogP contribution in [0.5, 0.6) is 11.5 Å². The van der Waals surface area contributed by atoms with Crippen LogP contribution in [0.1, 0.15) is 63.6 Å². The van der Waals surface area contributed by atoms with Crippen LogP contribution in [0.3, 0.4) is 0 Å². The number of aryl methyl sites for hydroxylation is 1. The molecule has 4 nitrogen and oxygen atoms in total. The molecule has 2 aromatic rings. The van der Waals surface area contributed by atoms with Gasteiger partial charge in [0.15, 0.2) is 6.10 Å². The lowest BCUT2D eigenvalue weighted by Gasteiger charge is -2.42. The van der Waals surface area contributed by atoms with Crippen LogP contribution in [-0.4, -0.2) is 17.6 Å². The van der Waals surface area contributed by atoms with Gasteiger partial charge in [0.05, 0.1) is 6.04 Å². The van der Waals surface area contributed by atoms with Crippen molar-refractivity contribution >= 4 is 17.5 Å². The molecule has 0 saturated carbocycles. The van der Waals surface area contributed by atoms with Crippen LogP contribution >= 0.6 is 11.6 Å². The Morgan fingerprint density at radius 3 is 2.62 bits per heavy atom. The summed E-state index contributed by atoms with van der Waals surface area (Å²) < 4.78 is 12.3. The first-order chi connectivity index (χ1) is 13.9. The van der Waals surface area contributed by atoms with E-state index < -0.39 is 6.10 Å². The van der Waals surface area contributed by atoms with Gasteiger partial charge >= 0.3 is 0 Å². The minimum absolute atomic E-state index is 0.100. The number of para-hydroxylation sites is 1. The molecule has 2 atom stereocenters. The zero-order chi connectivity index (χ0) is 21.0. The lowest BCUT2D eigenvalue weighted by molar-refractivity contribution is -0.129. The molecule has 0 spiro atoms. The van der Waals surface area contributed by atoms with E-state index in [1.54, 1.807) is 12.1 Å². The summed E-state index contributed by atoms with van der Waals surface area (Å²) in [6.45, 7) is 8.14. The number of halogens is 1. The van der Waals surface area contributed by atoms with Crippen molar-refractivity contribution in [3.8, 4) is 11.5 Å². The zero-order valence-electron chi connectivity index (χ0n) is 17.6. The van der Waals surface area contributed by atoms with Crippen LogP contribution < -0.4 is 14.8 Å². The van der Waals surface area contributed by atoms with E-state index in [0.717, 1.165) is 36.1 Å². The van der Waals surface area contributed by atoms with Crippen LogP contribution in [0.25, 0.3) is 0 Å². The van der Waals surface area contributed by atoms with Gasteiger partial charge in [-0.05, 0) is 56.0 Å². The van der Waals surface area contributed by atoms with Crippen LogP contribution in [0.4, 0.5) is 0 Å². The van der Waals surface area contributed by atoms with Gasteiger partial charge in [0.1, 0.15) is 17.1 Å². The Kier molecular flexibility index (Phi) is 6.74. The quantitative estimate of drug-likeness (QED) is 0.602. The summed E-state index contributed by atoms with van der Waals surface area (Å²) in [5.41, 5.74) is 1.69. The van der Waals surface area contributed by atoms with Gasteiger partial charge in [-0.2, -0.15) is 0 Å². The highest BCUT2D eigenvalue weighted by Gasteiger charge is 2.39. The molecular formula is C24H30ClNO3. The van der Waals surface area contributed by atoms with Crippen LogP contribution in [-0.2, 0) is 4.79 Å². The largest absolute Gasteiger partial charge is 0.487 e. The van der Waals surface area contributed by atoms with Crippen molar-refractivity contribution in [2.24, 2.45) is 0 Å². The molecule has 156 valence electrons. The van der Waals surface area contributed by atoms with Gasteiger partial charge in [0, 0.05) is 17.0 Å². The van der Waals surface area contributed by atoms with Crippen molar-refractivity contribution in [2.75, 3.05) is 0 Å². The number of ether oxygens (including phenoxy) is 2. The van der Waals surface area contributed by atoms with E-state index in [9.17, 15) is 4.79 Å². The molecule has 1 aliphatic heterocycles. The van der Waals surface area contributed by atoms with E-state index in [4.69, 9.17) is 21.1 Å². The Labute approximate surface area is 178 Å². The molecule has 0 fully saturated rings. The fraction of sp³-hybridized carbons (Fsp3) is 0.458. The molecule has 1 N–H and O–H groups in total. The summed E-state index contributed by atoms with van der Waals surface area (Å²) in [5, 5.41) is 3.91. The van der Waals surface area contributed by atoms with Crippen molar-refractivity contribution in [3.05, 3.63) is 58.6 Å². The van der Waals surface area contributed by atoms with E-state index >= 15 is 0 Å². The topological polar surface area (TPSA) is 47.6 Å². The molecule has 1 heterocycles. The Bertz CT molecular complexity index is 863. The van der Waals surface area contributed by atoms with E-state index in [2.05, 4.69) is 19.2 Å². The normalized spacial score (nSPS) is 18.3. The van der Waals surface area contributed by atoms with Gasteiger partial charge in [-0.15, -0.1) is 0 Å². The lowest BCUT2D eigenvalue weighted by atomic mass is 9.83. The summed E-state index contributed by atoms with van der Waals surface area (Å²) in [7, 11) is 0. The minimum atomic E-state index is -0.566. The molecular weight excluding hydrogens is 386 g/mol. The van der Waals surface area contributed by atoms with Gasteiger partial charge < -0.3 is 14.8 Å². The zero-order valence-corrected chi connectivity index (χ0v) is 18.4. The summed E-state index contributed by atoms with van der Waals surface area (Å²) in [5.74, 6) is 1.40. The number of rotatable bonds is 7. The second-order valence-corrected chi connectivity index (χ2v) is 8.13. The second kappa shape index (κ2) is 9.08. The average molecular weight is 416 g/mol. The molecule has 0 saturated heterocycles. The van der Waals surface area contributed by atoms with Crippen LogP contribution in [0, 0.1) is 6.92 Å². The highest BCUT2D eigenvalue weighted by molar-refractivity contribution is 6.31. The molecule has 1 aliphatic rings. The molecule has 5 heteroatoms. The summed E-state index contributed by atoms with van der Waals surface area (Å²) in [6, 6.07) is 13.3. The third-order valence-corrected chi connectivity index (χ3v) is 6.30. The van der Waals surface area contributed by atoms with Crippen molar-refractivity contribution in [3.63, 3.8) is 0 Å². The number of amides is 1. The second-order valence-electron chi connectivity index (χ2n) is 7.72. The fourth-order valence-electron chi connectivity index (χ4n) is 3.87. The maximum atomic E-state index is 13.1. The summed E-state index contributed by atoms with van der Waals surface area (Å²) >= 11 is 6.10. The monoisotopic (exact) mass is 415 g/mol. The molecule has 0 bridgehead atoms. The van der Waals surface area contributed by atoms with Gasteiger partial charge in [0.2, 0.25) is 0 Å². The number of hydrogen-bond acceptors (Lipinski definition) is 3. The van der Waals surface area contributed by atoms with E-state index in [1.165, 1.54) is 0 Å². The number of fused-ring (bicyclic) bond motifs is 1. The highest BCUT2D eigenvalue weighted by atomic mass is 35.5. The van der Waals surface area contributed by atoms with Gasteiger partial charge in [-0.3, -0.25) is 4.79 Å². The molecule has 0 aliphatic carbocycles. The molecule has 2 aromatic carbocycles.